The monoisotopic (exact) mass is 342 g/mol. The zero-order chi connectivity index (χ0) is 17.9. The molecule has 5 rings (SSSR count). The summed E-state index contributed by atoms with van der Waals surface area (Å²) in [5, 5.41) is 4.85. The first kappa shape index (κ1) is 15.1. The van der Waals surface area contributed by atoms with E-state index in [1.165, 1.54) is 0 Å². The van der Waals surface area contributed by atoms with Gasteiger partial charge in [0, 0.05) is 11.1 Å². The van der Waals surface area contributed by atoms with Crippen LogP contribution in [-0.4, -0.2) is 19.6 Å². The van der Waals surface area contributed by atoms with Crippen LogP contribution in [0.15, 0.2) is 54.7 Å². The van der Waals surface area contributed by atoms with Crippen LogP contribution < -0.4 is 4.74 Å². The molecular formula is C21H18N4O. The predicted octanol–water partition coefficient (Wildman–Crippen LogP) is 4.39. The Kier molecular flexibility index (Phi) is 2.98. The maximum atomic E-state index is 6.20. The Morgan fingerprint density at radius 3 is 2.62 bits per heavy atom. The molecule has 0 N–H and O–H groups in total. The van der Waals surface area contributed by atoms with E-state index in [9.17, 15) is 0 Å². The predicted molar refractivity (Wildman–Crippen MR) is 100 cm³/mol. The molecule has 0 aliphatic carbocycles. The quantitative estimate of drug-likeness (QED) is 0.515. The summed E-state index contributed by atoms with van der Waals surface area (Å²) in [4.78, 5) is 9.47. The zero-order valence-corrected chi connectivity index (χ0v) is 14.9. The highest BCUT2D eigenvalue weighted by Gasteiger charge is 2.36. The molecule has 0 spiro atoms. The highest BCUT2D eigenvalue weighted by molar-refractivity contribution is 5.73. The van der Waals surface area contributed by atoms with Gasteiger partial charge in [-0.2, -0.15) is 5.10 Å². The van der Waals surface area contributed by atoms with Crippen molar-refractivity contribution in [2.24, 2.45) is 0 Å². The lowest BCUT2D eigenvalue weighted by Crippen LogP contribution is -2.31. The largest absolute Gasteiger partial charge is 0.481 e. The Labute approximate surface area is 151 Å². The molecule has 0 atom stereocenters. The van der Waals surface area contributed by atoms with Crippen LogP contribution in [0.4, 0.5) is 0 Å². The number of hydrogen-bond donors (Lipinski definition) is 0. The van der Waals surface area contributed by atoms with Crippen LogP contribution in [0.25, 0.3) is 28.3 Å². The molecule has 0 unspecified atom stereocenters. The molecule has 128 valence electrons. The molecule has 0 saturated heterocycles. The Morgan fingerprint density at radius 2 is 1.81 bits per heavy atom. The van der Waals surface area contributed by atoms with E-state index in [1.807, 2.05) is 56.4 Å². The third kappa shape index (κ3) is 2.20. The molecule has 26 heavy (non-hydrogen) atoms. The average molecular weight is 342 g/mol. The molecule has 3 heterocycles. The van der Waals surface area contributed by atoms with Crippen LogP contribution in [0.5, 0.6) is 5.75 Å². The summed E-state index contributed by atoms with van der Waals surface area (Å²) in [5.74, 6) is 1.42. The van der Waals surface area contributed by atoms with Crippen molar-refractivity contribution in [1.29, 1.82) is 0 Å². The van der Waals surface area contributed by atoms with Crippen molar-refractivity contribution < 1.29 is 4.74 Å². The van der Waals surface area contributed by atoms with Crippen LogP contribution in [0.3, 0.4) is 0 Å². The van der Waals surface area contributed by atoms with E-state index in [4.69, 9.17) is 14.8 Å². The van der Waals surface area contributed by atoms with Crippen LogP contribution >= 0.6 is 0 Å². The van der Waals surface area contributed by atoms with Crippen molar-refractivity contribution in [3.05, 3.63) is 66.0 Å². The van der Waals surface area contributed by atoms with Gasteiger partial charge in [-0.1, -0.05) is 42.0 Å². The number of imidazole rings is 1. The van der Waals surface area contributed by atoms with Crippen molar-refractivity contribution in [2.45, 2.75) is 26.4 Å². The summed E-state index contributed by atoms with van der Waals surface area (Å²) in [6, 6.07) is 16.2. The van der Waals surface area contributed by atoms with Gasteiger partial charge in [-0.05, 0) is 32.9 Å². The molecule has 0 amide bonds. The minimum atomic E-state index is -0.564. The molecule has 2 aromatic heterocycles. The number of aryl methyl sites for hydroxylation is 1. The normalized spacial score (nSPS) is 14.6. The van der Waals surface area contributed by atoms with E-state index in [1.54, 1.807) is 4.52 Å². The fourth-order valence-corrected chi connectivity index (χ4v) is 3.41. The van der Waals surface area contributed by atoms with Gasteiger partial charge >= 0.3 is 0 Å². The Balaban J connectivity index is 1.77. The molecule has 2 aromatic carbocycles. The van der Waals surface area contributed by atoms with E-state index < -0.39 is 5.60 Å². The second-order valence-corrected chi connectivity index (χ2v) is 7.16. The molecule has 0 saturated carbocycles. The number of fused-ring (bicyclic) bond motifs is 4. The van der Waals surface area contributed by atoms with Crippen LogP contribution in [0.2, 0.25) is 0 Å². The van der Waals surface area contributed by atoms with Gasteiger partial charge < -0.3 is 4.74 Å². The molecule has 0 bridgehead atoms. The zero-order valence-electron chi connectivity index (χ0n) is 14.9. The number of ether oxygens (including phenoxy) is 1. The first-order chi connectivity index (χ1) is 12.5. The summed E-state index contributed by atoms with van der Waals surface area (Å²) < 4.78 is 7.96. The second kappa shape index (κ2) is 5.14. The van der Waals surface area contributed by atoms with Crippen molar-refractivity contribution in [1.82, 2.24) is 19.6 Å². The van der Waals surface area contributed by atoms with E-state index in [-0.39, 0.29) is 0 Å². The maximum Gasteiger partial charge on any atom is 0.251 e. The third-order valence-corrected chi connectivity index (χ3v) is 4.71. The summed E-state index contributed by atoms with van der Waals surface area (Å²) in [6.07, 6.45) is 1.93. The molecule has 0 fully saturated rings. The van der Waals surface area contributed by atoms with E-state index >= 15 is 0 Å². The third-order valence-electron chi connectivity index (χ3n) is 4.71. The summed E-state index contributed by atoms with van der Waals surface area (Å²) in [7, 11) is 0. The Morgan fingerprint density at radius 1 is 1.00 bits per heavy atom. The minimum absolute atomic E-state index is 0.564. The lowest BCUT2D eigenvalue weighted by atomic mass is 9.94. The fourth-order valence-electron chi connectivity index (χ4n) is 3.41. The van der Waals surface area contributed by atoms with Crippen LogP contribution in [0, 0.1) is 6.92 Å². The van der Waals surface area contributed by atoms with E-state index in [0.717, 1.165) is 39.5 Å². The van der Waals surface area contributed by atoms with Gasteiger partial charge in [0.25, 0.3) is 5.78 Å². The summed E-state index contributed by atoms with van der Waals surface area (Å²) in [5.41, 5.74) is 5.14. The van der Waals surface area contributed by atoms with Crippen LogP contribution in [0.1, 0.15) is 25.1 Å². The number of rotatable bonds is 1. The van der Waals surface area contributed by atoms with Gasteiger partial charge in [0.15, 0.2) is 0 Å². The van der Waals surface area contributed by atoms with Gasteiger partial charge in [-0.15, -0.1) is 0 Å². The average Bonchev–Trinajstić information content (AvgIpc) is 3.05. The number of benzene rings is 2. The Bertz CT molecular complexity index is 1150. The topological polar surface area (TPSA) is 52.3 Å². The summed E-state index contributed by atoms with van der Waals surface area (Å²) in [6.45, 7) is 6.10. The van der Waals surface area contributed by atoms with Crippen molar-refractivity contribution in [3.8, 4) is 28.3 Å². The van der Waals surface area contributed by atoms with Crippen molar-refractivity contribution in [2.75, 3.05) is 0 Å². The van der Waals surface area contributed by atoms with Gasteiger partial charge in [0.1, 0.15) is 22.7 Å². The maximum absolute atomic E-state index is 6.20. The molecule has 5 nitrogen and oxygen atoms in total. The Hall–Kier alpha value is -3.21. The minimum Gasteiger partial charge on any atom is -0.481 e. The van der Waals surface area contributed by atoms with Gasteiger partial charge in [0.2, 0.25) is 0 Å². The SMILES string of the molecule is Cc1ccc2c(c1)-c1nn3cc(-c4ccccc4)nc3nc1C(C)(C)O2. The smallest absolute Gasteiger partial charge is 0.251 e. The van der Waals surface area contributed by atoms with Gasteiger partial charge in [-0.25, -0.2) is 14.5 Å². The molecular weight excluding hydrogens is 324 g/mol. The van der Waals surface area contributed by atoms with Gasteiger partial charge in [0.05, 0.1) is 11.9 Å². The molecule has 0 radical (unpaired) electrons. The molecule has 1 aliphatic heterocycles. The standard InChI is InChI=1S/C21H18N4O/c1-13-9-10-17-15(11-13)18-19(21(2,3)26-17)23-20-22-16(12-25(20)24-18)14-7-5-4-6-8-14/h4-12H,1-3H3. The molecule has 4 aromatic rings. The van der Waals surface area contributed by atoms with Crippen molar-refractivity contribution in [3.63, 3.8) is 0 Å². The lowest BCUT2D eigenvalue weighted by Gasteiger charge is -2.32. The molecule has 5 heteroatoms. The first-order valence-corrected chi connectivity index (χ1v) is 8.65. The van der Waals surface area contributed by atoms with Crippen molar-refractivity contribution >= 4 is 5.78 Å². The lowest BCUT2D eigenvalue weighted by molar-refractivity contribution is 0.0998. The van der Waals surface area contributed by atoms with Crippen LogP contribution in [-0.2, 0) is 5.60 Å². The summed E-state index contributed by atoms with van der Waals surface area (Å²) >= 11 is 0. The first-order valence-electron chi connectivity index (χ1n) is 8.65. The number of aromatic nitrogens is 4. The highest BCUT2D eigenvalue weighted by atomic mass is 16.5. The fraction of sp³-hybridized carbons (Fsp3) is 0.190. The number of hydrogen-bond acceptors (Lipinski definition) is 4. The number of nitrogens with zero attached hydrogens (tertiary/aromatic N) is 4. The molecule has 1 aliphatic rings. The van der Waals surface area contributed by atoms with Gasteiger partial charge in [-0.3, -0.25) is 0 Å². The van der Waals surface area contributed by atoms with E-state index in [0.29, 0.717) is 5.78 Å². The van der Waals surface area contributed by atoms with E-state index in [2.05, 4.69) is 24.0 Å². The highest BCUT2D eigenvalue weighted by Crippen LogP contribution is 2.43. The second-order valence-electron chi connectivity index (χ2n) is 7.16.